The normalized spacial score (nSPS) is 11.1. The second-order valence-corrected chi connectivity index (χ2v) is 7.60. The molecule has 0 fully saturated rings. The van der Waals surface area contributed by atoms with Crippen molar-refractivity contribution in [2.45, 2.75) is 31.2 Å². The van der Waals surface area contributed by atoms with Crippen LogP contribution in [-0.2, 0) is 4.79 Å². The average Bonchev–Trinajstić information content (AvgIpc) is 2.58. The first-order valence-electron chi connectivity index (χ1n) is 8.11. The molecule has 0 unspecified atom stereocenters. The molecule has 0 spiro atoms. The van der Waals surface area contributed by atoms with Gasteiger partial charge in [-0.3, -0.25) is 14.3 Å². The fourth-order valence-electron chi connectivity index (χ4n) is 1.92. The van der Waals surface area contributed by atoms with Crippen LogP contribution in [0.15, 0.2) is 53.4 Å². The summed E-state index contributed by atoms with van der Waals surface area (Å²) in [4.78, 5) is 24.9. The molecule has 0 atom stereocenters. The molecule has 3 N–H and O–H groups in total. The number of anilines is 1. The Morgan fingerprint density at radius 1 is 1.08 bits per heavy atom. The number of rotatable bonds is 6. The van der Waals surface area contributed by atoms with E-state index in [4.69, 9.17) is 0 Å². The molecule has 26 heavy (non-hydrogen) atoms. The number of carbonyl (C=O) groups is 2. The van der Waals surface area contributed by atoms with Crippen molar-refractivity contribution in [3.63, 3.8) is 0 Å². The number of benzene rings is 2. The van der Waals surface area contributed by atoms with E-state index in [1.54, 1.807) is 6.07 Å². The fourth-order valence-corrected chi connectivity index (χ4v) is 2.67. The second-order valence-electron chi connectivity index (χ2n) is 6.72. The predicted molar refractivity (Wildman–Crippen MR) is 103 cm³/mol. The third-order valence-corrected chi connectivity index (χ3v) is 4.31. The van der Waals surface area contributed by atoms with Gasteiger partial charge in [0.25, 0.3) is 5.91 Å². The van der Waals surface area contributed by atoms with Gasteiger partial charge in [0.2, 0.25) is 5.91 Å². The molecule has 0 saturated carbocycles. The van der Waals surface area contributed by atoms with Crippen molar-refractivity contribution in [2.24, 2.45) is 0 Å². The van der Waals surface area contributed by atoms with Crippen molar-refractivity contribution in [3.05, 3.63) is 59.9 Å². The summed E-state index contributed by atoms with van der Waals surface area (Å²) in [5.41, 5.74) is 0.909. The number of nitrogens with one attached hydrogen (secondary N) is 3. The topological polar surface area (TPSA) is 70.2 Å². The average molecular weight is 375 g/mol. The SMILES string of the molecule is CC(C)(C)NSc1cccc(NC(=O)CNC(=O)c2ccc(F)cc2)c1. The monoisotopic (exact) mass is 375 g/mol. The number of amides is 2. The summed E-state index contributed by atoms with van der Waals surface area (Å²) in [5.74, 6) is -1.19. The molecule has 2 aromatic rings. The predicted octanol–water partition coefficient (Wildman–Crippen LogP) is 3.59. The van der Waals surface area contributed by atoms with E-state index in [1.165, 1.54) is 36.2 Å². The summed E-state index contributed by atoms with van der Waals surface area (Å²) in [7, 11) is 0. The Kier molecular flexibility index (Phi) is 6.76. The Balaban J connectivity index is 1.85. The third-order valence-electron chi connectivity index (χ3n) is 3.11. The minimum atomic E-state index is -0.432. The molecule has 0 radical (unpaired) electrons. The van der Waals surface area contributed by atoms with Gasteiger partial charge in [-0.1, -0.05) is 6.07 Å². The summed E-state index contributed by atoms with van der Waals surface area (Å²) in [6, 6.07) is 12.5. The molecule has 0 bridgehead atoms. The van der Waals surface area contributed by atoms with Gasteiger partial charge >= 0.3 is 0 Å². The van der Waals surface area contributed by atoms with Crippen molar-refractivity contribution < 1.29 is 14.0 Å². The minimum Gasteiger partial charge on any atom is -0.343 e. The Bertz CT molecular complexity index is 773. The van der Waals surface area contributed by atoms with E-state index in [1.807, 2.05) is 18.2 Å². The van der Waals surface area contributed by atoms with Gasteiger partial charge in [0.05, 0.1) is 6.54 Å². The first kappa shape index (κ1) is 19.9. The van der Waals surface area contributed by atoms with Crippen LogP contribution in [0.4, 0.5) is 10.1 Å². The van der Waals surface area contributed by atoms with Gasteiger partial charge in [-0.2, -0.15) is 0 Å². The van der Waals surface area contributed by atoms with Gasteiger partial charge in [-0.25, -0.2) is 4.39 Å². The molecule has 138 valence electrons. The lowest BCUT2D eigenvalue weighted by Crippen LogP contribution is -2.32. The van der Waals surface area contributed by atoms with Crippen LogP contribution in [0.5, 0.6) is 0 Å². The van der Waals surface area contributed by atoms with Crippen molar-refractivity contribution in [1.29, 1.82) is 0 Å². The second kappa shape index (κ2) is 8.82. The molecule has 2 aromatic carbocycles. The highest BCUT2D eigenvalue weighted by atomic mass is 32.2. The Hall–Kier alpha value is -2.38. The summed E-state index contributed by atoms with van der Waals surface area (Å²) in [5, 5.41) is 5.25. The molecule has 0 aliphatic rings. The number of hydrogen-bond donors (Lipinski definition) is 3. The third kappa shape index (κ3) is 6.85. The van der Waals surface area contributed by atoms with E-state index in [-0.39, 0.29) is 18.0 Å². The maximum atomic E-state index is 12.9. The molecule has 2 amide bonds. The molecule has 0 heterocycles. The van der Waals surface area contributed by atoms with E-state index in [9.17, 15) is 14.0 Å². The molecule has 0 aliphatic carbocycles. The number of halogens is 1. The zero-order valence-corrected chi connectivity index (χ0v) is 15.7. The molecule has 0 aromatic heterocycles. The van der Waals surface area contributed by atoms with E-state index in [0.717, 1.165) is 4.90 Å². The lowest BCUT2D eigenvalue weighted by molar-refractivity contribution is -0.115. The maximum Gasteiger partial charge on any atom is 0.251 e. The smallest absolute Gasteiger partial charge is 0.251 e. The molecule has 2 rings (SSSR count). The Morgan fingerprint density at radius 2 is 1.77 bits per heavy atom. The van der Waals surface area contributed by atoms with Crippen LogP contribution >= 0.6 is 11.9 Å². The summed E-state index contributed by atoms with van der Waals surface area (Å²) in [6.45, 7) is 6.02. The standard InChI is InChI=1S/C19H22FN3O2S/c1-19(2,3)23-26-16-6-4-5-15(11-16)22-17(24)12-21-18(25)13-7-9-14(20)10-8-13/h4-11,23H,12H2,1-3H3,(H,21,25)(H,22,24). The van der Waals surface area contributed by atoms with Gasteiger partial charge in [-0.05, 0) is 75.2 Å². The van der Waals surface area contributed by atoms with Gasteiger partial charge < -0.3 is 10.6 Å². The van der Waals surface area contributed by atoms with Crippen LogP contribution < -0.4 is 15.4 Å². The molecule has 7 heteroatoms. The van der Waals surface area contributed by atoms with E-state index in [2.05, 4.69) is 36.1 Å². The number of hydrogen-bond acceptors (Lipinski definition) is 4. The van der Waals surface area contributed by atoms with Crippen LogP contribution in [0.3, 0.4) is 0 Å². The molecule has 5 nitrogen and oxygen atoms in total. The van der Waals surface area contributed by atoms with E-state index in [0.29, 0.717) is 11.3 Å². The van der Waals surface area contributed by atoms with Crippen LogP contribution in [0.2, 0.25) is 0 Å². The highest BCUT2D eigenvalue weighted by Crippen LogP contribution is 2.21. The Morgan fingerprint density at radius 3 is 2.42 bits per heavy atom. The quantitative estimate of drug-likeness (QED) is 0.675. The summed E-state index contributed by atoms with van der Waals surface area (Å²) < 4.78 is 16.2. The van der Waals surface area contributed by atoms with Gasteiger partial charge in [-0.15, -0.1) is 0 Å². The van der Waals surface area contributed by atoms with Gasteiger partial charge in [0, 0.05) is 21.7 Å². The molecular formula is C19H22FN3O2S. The zero-order chi connectivity index (χ0) is 19.2. The summed E-state index contributed by atoms with van der Waals surface area (Å²) in [6.07, 6.45) is 0. The lowest BCUT2D eigenvalue weighted by atomic mass is 10.1. The highest BCUT2D eigenvalue weighted by Gasteiger charge is 2.11. The first-order chi connectivity index (χ1) is 12.2. The van der Waals surface area contributed by atoms with Crippen LogP contribution in [-0.4, -0.2) is 23.9 Å². The lowest BCUT2D eigenvalue weighted by Gasteiger charge is -2.19. The maximum absolute atomic E-state index is 12.9. The zero-order valence-electron chi connectivity index (χ0n) is 14.9. The van der Waals surface area contributed by atoms with Crippen LogP contribution in [0.25, 0.3) is 0 Å². The Labute approximate surface area is 156 Å². The van der Waals surface area contributed by atoms with Crippen molar-refractivity contribution in [2.75, 3.05) is 11.9 Å². The van der Waals surface area contributed by atoms with Crippen molar-refractivity contribution in [1.82, 2.24) is 10.0 Å². The van der Waals surface area contributed by atoms with Crippen LogP contribution in [0.1, 0.15) is 31.1 Å². The minimum absolute atomic E-state index is 0.0332. The van der Waals surface area contributed by atoms with Crippen molar-refractivity contribution >= 4 is 29.4 Å². The van der Waals surface area contributed by atoms with Gasteiger partial charge in [0.15, 0.2) is 0 Å². The largest absolute Gasteiger partial charge is 0.343 e. The fraction of sp³-hybridized carbons (Fsp3) is 0.263. The molecule has 0 aliphatic heterocycles. The molecule has 0 saturated heterocycles. The van der Waals surface area contributed by atoms with Gasteiger partial charge in [0.1, 0.15) is 5.82 Å². The first-order valence-corrected chi connectivity index (χ1v) is 8.92. The highest BCUT2D eigenvalue weighted by molar-refractivity contribution is 7.97. The summed E-state index contributed by atoms with van der Waals surface area (Å²) >= 11 is 1.48. The van der Waals surface area contributed by atoms with E-state index < -0.39 is 11.7 Å². The molecular weight excluding hydrogens is 353 g/mol. The van der Waals surface area contributed by atoms with Crippen molar-refractivity contribution in [3.8, 4) is 0 Å². The van der Waals surface area contributed by atoms with Crippen LogP contribution in [0, 0.1) is 5.82 Å². The van der Waals surface area contributed by atoms with E-state index >= 15 is 0 Å². The number of carbonyl (C=O) groups excluding carboxylic acids is 2.